The zero-order valence-corrected chi connectivity index (χ0v) is 10.7. The predicted octanol–water partition coefficient (Wildman–Crippen LogP) is 1.73. The van der Waals surface area contributed by atoms with Gasteiger partial charge in [0.2, 0.25) is 12.5 Å². The molecule has 0 atom stereocenters. The molecule has 0 spiro atoms. The zero-order chi connectivity index (χ0) is 13.8. The maximum atomic E-state index is 11.3. The van der Waals surface area contributed by atoms with E-state index in [0.717, 1.165) is 4.88 Å². The van der Waals surface area contributed by atoms with Gasteiger partial charge in [-0.05, 0) is 6.07 Å². The smallest absolute Gasteiger partial charge is 0.249 e. The molecule has 0 fully saturated rings. The lowest BCUT2D eigenvalue weighted by atomic mass is 10.1. The van der Waals surface area contributed by atoms with Gasteiger partial charge in [-0.3, -0.25) is 14.9 Å². The molecule has 0 unspecified atom stereocenters. The molecule has 0 aliphatic carbocycles. The van der Waals surface area contributed by atoms with E-state index in [9.17, 15) is 14.9 Å². The van der Waals surface area contributed by atoms with Gasteiger partial charge in [-0.15, -0.1) is 11.3 Å². The van der Waals surface area contributed by atoms with Crippen molar-refractivity contribution in [2.24, 2.45) is 5.73 Å². The molecule has 0 aliphatic heterocycles. The summed E-state index contributed by atoms with van der Waals surface area (Å²) in [5.41, 5.74) is 6.37. The van der Waals surface area contributed by atoms with Gasteiger partial charge in [0.05, 0.1) is 0 Å². The van der Waals surface area contributed by atoms with Crippen molar-refractivity contribution < 1.29 is 9.72 Å². The minimum Gasteiger partial charge on any atom is -0.366 e. The highest BCUT2D eigenvalue weighted by molar-refractivity contribution is 7.15. The quantitative estimate of drug-likeness (QED) is 0.664. The lowest BCUT2D eigenvalue weighted by Crippen LogP contribution is -2.12. The molecule has 7 heteroatoms. The summed E-state index contributed by atoms with van der Waals surface area (Å²) in [7, 11) is 0. The number of amides is 1. The van der Waals surface area contributed by atoms with Gasteiger partial charge in [0, 0.05) is 33.5 Å². The predicted molar refractivity (Wildman–Crippen MR) is 71.6 cm³/mol. The van der Waals surface area contributed by atoms with Crippen LogP contribution in [0.3, 0.4) is 0 Å². The van der Waals surface area contributed by atoms with Crippen molar-refractivity contribution in [2.75, 3.05) is 6.54 Å². The SMILES string of the molecule is NC(=O)c1ccccc1-c1ncc(CC[N+](=O)[O-])s1. The number of hydrogen-bond acceptors (Lipinski definition) is 5. The first-order valence-corrected chi connectivity index (χ1v) is 6.35. The molecule has 6 nitrogen and oxygen atoms in total. The Morgan fingerprint density at radius 2 is 2.16 bits per heavy atom. The fourth-order valence-electron chi connectivity index (χ4n) is 1.63. The van der Waals surface area contributed by atoms with E-state index in [4.69, 9.17) is 5.73 Å². The summed E-state index contributed by atoms with van der Waals surface area (Å²) >= 11 is 1.34. The topological polar surface area (TPSA) is 99.1 Å². The van der Waals surface area contributed by atoms with Crippen molar-refractivity contribution in [1.82, 2.24) is 4.98 Å². The number of carbonyl (C=O) groups excluding carboxylic acids is 1. The molecule has 19 heavy (non-hydrogen) atoms. The molecule has 1 aromatic carbocycles. The molecule has 0 saturated heterocycles. The minimum absolute atomic E-state index is 0.126. The van der Waals surface area contributed by atoms with Crippen LogP contribution in [0.4, 0.5) is 0 Å². The first-order valence-electron chi connectivity index (χ1n) is 5.53. The summed E-state index contributed by atoms with van der Waals surface area (Å²) in [6.07, 6.45) is 1.94. The normalized spacial score (nSPS) is 10.3. The van der Waals surface area contributed by atoms with Gasteiger partial charge in [0.15, 0.2) is 0 Å². The minimum atomic E-state index is -0.516. The molecule has 98 valence electrons. The number of aromatic nitrogens is 1. The van der Waals surface area contributed by atoms with E-state index >= 15 is 0 Å². The van der Waals surface area contributed by atoms with Crippen LogP contribution < -0.4 is 5.73 Å². The van der Waals surface area contributed by atoms with Crippen molar-refractivity contribution in [3.8, 4) is 10.6 Å². The monoisotopic (exact) mass is 277 g/mol. The van der Waals surface area contributed by atoms with E-state index in [0.29, 0.717) is 22.6 Å². The van der Waals surface area contributed by atoms with E-state index in [1.807, 2.05) is 0 Å². The number of thiazole rings is 1. The van der Waals surface area contributed by atoms with Crippen LogP contribution in [0.15, 0.2) is 30.5 Å². The number of nitrogens with zero attached hydrogens (tertiary/aromatic N) is 2. The van der Waals surface area contributed by atoms with Crippen LogP contribution >= 0.6 is 11.3 Å². The van der Waals surface area contributed by atoms with Gasteiger partial charge >= 0.3 is 0 Å². The third-order valence-electron chi connectivity index (χ3n) is 2.52. The molecular weight excluding hydrogens is 266 g/mol. The van der Waals surface area contributed by atoms with Crippen molar-refractivity contribution in [2.45, 2.75) is 6.42 Å². The number of hydrogen-bond donors (Lipinski definition) is 1. The largest absolute Gasteiger partial charge is 0.366 e. The van der Waals surface area contributed by atoms with E-state index < -0.39 is 5.91 Å². The molecule has 2 rings (SSSR count). The zero-order valence-electron chi connectivity index (χ0n) is 9.91. The van der Waals surface area contributed by atoms with Gasteiger partial charge in [-0.1, -0.05) is 18.2 Å². The Morgan fingerprint density at radius 1 is 1.42 bits per heavy atom. The Labute approximate surface area is 113 Å². The highest BCUT2D eigenvalue weighted by Crippen LogP contribution is 2.28. The van der Waals surface area contributed by atoms with E-state index in [-0.39, 0.29) is 11.5 Å². The van der Waals surface area contributed by atoms with E-state index in [1.165, 1.54) is 11.3 Å². The van der Waals surface area contributed by atoms with Crippen LogP contribution in [0.2, 0.25) is 0 Å². The first-order chi connectivity index (χ1) is 9.08. The number of nitrogens with two attached hydrogens (primary N) is 1. The van der Waals surface area contributed by atoms with E-state index in [2.05, 4.69) is 4.98 Å². The van der Waals surface area contributed by atoms with Crippen molar-refractivity contribution in [3.05, 3.63) is 51.0 Å². The maximum Gasteiger partial charge on any atom is 0.249 e. The summed E-state index contributed by atoms with van der Waals surface area (Å²) in [6.45, 7) is -0.126. The van der Waals surface area contributed by atoms with Crippen LogP contribution in [0, 0.1) is 10.1 Å². The van der Waals surface area contributed by atoms with Crippen molar-refractivity contribution >= 4 is 17.2 Å². The van der Waals surface area contributed by atoms with Gasteiger partial charge in [0.1, 0.15) is 5.01 Å². The van der Waals surface area contributed by atoms with Gasteiger partial charge in [-0.2, -0.15) is 0 Å². The molecule has 0 radical (unpaired) electrons. The number of carbonyl (C=O) groups is 1. The molecule has 0 saturated carbocycles. The fourth-order valence-corrected chi connectivity index (χ4v) is 2.57. The average molecular weight is 277 g/mol. The van der Waals surface area contributed by atoms with Gasteiger partial charge < -0.3 is 5.73 Å². The third-order valence-corrected chi connectivity index (χ3v) is 3.61. The lowest BCUT2D eigenvalue weighted by Gasteiger charge is -2.02. The molecule has 0 bridgehead atoms. The number of nitro groups is 1. The Morgan fingerprint density at radius 3 is 2.84 bits per heavy atom. The second-order valence-corrected chi connectivity index (χ2v) is 4.96. The Hall–Kier alpha value is -2.28. The molecule has 0 aliphatic rings. The fraction of sp³-hybridized carbons (Fsp3) is 0.167. The van der Waals surface area contributed by atoms with Crippen LogP contribution in [-0.2, 0) is 6.42 Å². The van der Waals surface area contributed by atoms with E-state index in [1.54, 1.807) is 30.5 Å². The van der Waals surface area contributed by atoms with Crippen LogP contribution in [0.1, 0.15) is 15.2 Å². The summed E-state index contributed by atoms with van der Waals surface area (Å²) in [6, 6.07) is 6.91. The molecule has 1 aromatic heterocycles. The Balaban J connectivity index is 2.28. The Kier molecular flexibility index (Phi) is 3.86. The average Bonchev–Trinajstić information content (AvgIpc) is 2.85. The number of primary amides is 1. The molecule has 2 aromatic rings. The summed E-state index contributed by atoms with van der Waals surface area (Å²) in [4.78, 5) is 26.3. The summed E-state index contributed by atoms with van der Waals surface area (Å²) < 4.78 is 0. The highest BCUT2D eigenvalue weighted by atomic mass is 32.1. The molecule has 1 heterocycles. The molecule has 1 amide bonds. The van der Waals surface area contributed by atoms with Crippen LogP contribution in [0.5, 0.6) is 0 Å². The lowest BCUT2D eigenvalue weighted by molar-refractivity contribution is -0.479. The molecular formula is C12H11N3O3S. The van der Waals surface area contributed by atoms with Crippen molar-refractivity contribution in [3.63, 3.8) is 0 Å². The third kappa shape index (κ3) is 3.14. The van der Waals surface area contributed by atoms with Crippen LogP contribution in [0.25, 0.3) is 10.6 Å². The first kappa shape index (κ1) is 13.2. The van der Waals surface area contributed by atoms with Gasteiger partial charge in [-0.25, -0.2) is 4.98 Å². The Bertz CT molecular complexity index is 624. The number of benzene rings is 1. The van der Waals surface area contributed by atoms with Gasteiger partial charge in [0.25, 0.3) is 0 Å². The second-order valence-electron chi connectivity index (χ2n) is 3.85. The summed E-state index contributed by atoms with van der Waals surface area (Å²) in [5.74, 6) is -0.516. The standard InChI is InChI=1S/C12H11N3O3S/c13-11(16)9-3-1-2-4-10(9)12-14-7-8(19-12)5-6-15(17)18/h1-4,7H,5-6H2,(H2,13,16). The summed E-state index contributed by atoms with van der Waals surface area (Å²) in [5, 5.41) is 11.0. The highest BCUT2D eigenvalue weighted by Gasteiger charge is 2.13. The molecule has 2 N–H and O–H groups in total. The maximum absolute atomic E-state index is 11.3. The second kappa shape index (κ2) is 5.57. The number of rotatable bonds is 5. The van der Waals surface area contributed by atoms with Crippen LogP contribution in [-0.4, -0.2) is 22.4 Å². The van der Waals surface area contributed by atoms with Crippen molar-refractivity contribution in [1.29, 1.82) is 0 Å².